The van der Waals surface area contributed by atoms with Crippen molar-refractivity contribution in [1.29, 1.82) is 0 Å². The molecule has 0 unspecified atom stereocenters. The minimum absolute atomic E-state index is 0.0571. The Morgan fingerprint density at radius 1 is 1.00 bits per heavy atom. The van der Waals surface area contributed by atoms with Gasteiger partial charge in [-0.1, -0.05) is 30.3 Å². The molecule has 0 aliphatic carbocycles. The van der Waals surface area contributed by atoms with Crippen LogP contribution in [0.1, 0.15) is 12.5 Å². The quantitative estimate of drug-likeness (QED) is 0.884. The standard InChI is InChI=1S/C17H19NO3/c1-3-20-15-10-6-7-11-16(15)21-12-17(19)18-14-9-5-4-8-13(14)2/h4-11H,3,12H2,1-2H3,(H,18,19). The van der Waals surface area contributed by atoms with E-state index in [1.54, 1.807) is 6.07 Å². The highest BCUT2D eigenvalue weighted by Gasteiger charge is 2.08. The van der Waals surface area contributed by atoms with E-state index in [1.165, 1.54) is 0 Å². The van der Waals surface area contributed by atoms with Crippen molar-refractivity contribution in [3.05, 3.63) is 54.1 Å². The van der Waals surface area contributed by atoms with Gasteiger partial charge in [-0.05, 0) is 37.6 Å². The van der Waals surface area contributed by atoms with Gasteiger partial charge in [0, 0.05) is 5.69 Å². The Kier molecular flexibility index (Phi) is 5.21. The number of hydrogen-bond donors (Lipinski definition) is 1. The molecule has 0 radical (unpaired) electrons. The fraction of sp³-hybridized carbons (Fsp3) is 0.235. The van der Waals surface area contributed by atoms with Gasteiger partial charge in [0.15, 0.2) is 18.1 Å². The lowest BCUT2D eigenvalue weighted by Crippen LogP contribution is -2.20. The maximum absolute atomic E-state index is 11.9. The first-order chi connectivity index (χ1) is 10.2. The zero-order valence-corrected chi connectivity index (χ0v) is 12.3. The summed E-state index contributed by atoms with van der Waals surface area (Å²) in [6, 6.07) is 14.9. The highest BCUT2D eigenvalue weighted by Crippen LogP contribution is 2.26. The van der Waals surface area contributed by atoms with E-state index < -0.39 is 0 Å². The predicted molar refractivity (Wildman–Crippen MR) is 82.9 cm³/mol. The molecule has 2 aromatic carbocycles. The van der Waals surface area contributed by atoms with Gasteiger partial charge >= 0.3 is 0 Å². The molecule has 0 aromatic heterocycles. The number of benzene rings is 2. The van der Waals surface area contributed by atoms with Gasteiger partial charge in [0.1, 0.15) is 0 Å². The molecule has 0 bridgehead atoms. The van der Waals surface area contributed by atoms with Gasteiger partial charge in [-0.3, -0.25) is 4.79 Å². The first-order valence-corrected chi connectivity index (χ1v) is 6.91. The van der Waals surface area contributed by atoms with E-state index in [9.17, 15) is 4.79 Å². The Bertz CT molecular complexity index is 610. The molecule has 4 nitrogen and oxygen atoms in total. The summed E-state index contributed by atoms with van der Waals surface area (Å²) in [4.78, 5) is 11.9. The van der Waals surface area contributed by atoms with E-state index >= 15 is 0 Å². The summed E-state index contributed by atoms with van der Waals surface area (Å²) in [6.45, 7) is 4.34. The summed E-state index contributed by atoms with van der Waals surface area (Å²) >= 11 is 0. The molecule has 0 saturated heterocycles. The van der Waals surface area contributed by atoms with Gasteiger partial charge in [0.25, 0.3) is 5.91 Å². The number of carbonyl (C=O) groups is 1. The molecular formula is C17H19NO3. The van der Waals surface area contributed by atoms with E-state index in [0.29, 0.717) is 18.1 Å². The topological polar surface area (TPSA) is 47.6 Å². The number of aryl methyl sites for hydroxylation is 1. The molecule has 1 N–H and O–H groups in total. The van der Waals surface area contributed by atoms with Crippen molar-refractivity contribution in [3.63, 3.8) is 0 Å². The van der Waals surface area contributed by atoms with Crippen LogP contribution in [0.4, 0.5) is 5.69 Å². The number of ether oxygens (including phenoxy) is 2. The van der Waals surface area contributed by atoms with Gasteiger partial charge in [0.2, 0.25) is 0 Å². The largest absolute Gasteiger partial charge is 0.490 e. The fourth-order valence-electron chi connectivity index (χ4n) is 1.89. The summed E-state index contributed by atoms with van der Waals surface area (Å²) in [6.07, 6.45) is 0. The summed E-state index contributed by atoms with van der Waals surface area (Å²) in [5.74, 6) is 1.01. The lowest BCUT2D eigenvalue weighted by atomic mass is 10.2. The van der Waals surface area contributed by atoms with Crippen LogP contribution in [0.3, 0.4) is 0 Å². The van der Waals surface area contributed by atoms with Crippen LogP contribution in [0.2, 0.25) is 0 Å². The first kappa shape index (κ1) is 14.9. The maximum atomic E-state index is 11.9. The fourth-order valence-corrected chi connectivity index (χ4v) is 1.89. The summed E-state index contributed by atoms with van der Waals surface area (Å²) in [7, 11) is 0. The van der Waals surface area contributed by atoms with Crippen LogP contribution in [-0.4, -0.2) is 19.1 Å². The number of para-hydroxylation sites is 3. The molecule has 0 aliphatic heterocycles. The molecular weight excluding hydrogens is 266 g/mol. The van der Waals surface area contributed by atoms with E-state index in [-0.39, 0.29) is 12.5 Å². The molecule has 21 heavy (non-hydrogen) atoms. The highest BCUT2D eigenvalue weighted by molar-refractivity contribution is 5.92. The van der Waals surface area contributed by atoms with Crippen LogP contribution in [0, 0.1) is 6.92 Å². The molecule has 2 rings (SSSR count). The normalized spacial score (nSPS) is 10.0. The van der Waals surface area contributed by atoms with Crippen molar-refractivity contribution in [2.75, 3.05) is 18.5 Å². The van der Waals surface area contributed by atoms with E-state index in [4.69, 9.17) is 9.47 Å². The number of rotatable bonds is 6. The number of nitrogens with one attached hydrogen (secondary N) is 1. The van der Waals surface area contributed by atoms with Crippen LogP contribution in [0.15, 0.2) is 48.5 Å². The zero-order chi connectivity index (χ0) is 15.1. The van der Waals surface area contributed by atoms with Crippen molar-refractivity contribution in [1.82, 2.24) is 0 Å². The monoisotopic (exact) mass is 285 g/mol. The number of carbonyl (C=O) groups excluding carboxylic acids is 1. The SMILES string of the molecule is CCOc1ccccc1OCC(=O)Nc1ccccc1C. The Labute approximate surface area is 124 Å². The molecule has 4 heteroatoms. The van der Waals surface area contributed by atoms with Crippen molar-refractivity contribution < 1.29 is 14.3 Å². The van der Waals surface area contributed by atoms with Crippen molar-refractivity contribution in [2.24, 2.45) is 0 Å². The molecule has 0 spiro atoms. The Hall–Kier alpha value is -2.49. The maximum Gasteiger partial charge on any atom is 0.262 e. The molecule has 0 heterocycles. The second kappa shape index (κ2) is 7.33. The molecule has 0 fully saturated rings. The Morgan fingerprint density at radius 3 is 2.29 bits per heavy atom. The van der Waals surface area contributed by atoms with Gasteiger partial charge in [-0.2, -0.15) is 0 Å². The smallest absolute Gasteiger partial charge is 0.262 e. The molecule has 110 valence electrons. The molecule has 1 amide bonds. The van der Waals surface area contributed by atoms with Crippen LogP contribution in [-0.2, 0) is 4.79 Å². The minimum Gasteiger partial charge on any atom is -0.490 e. The average molecular weight is 285 g/mol. The third kappa shape index (κ3) is 4.24. The summed E-state index contributed by atoms with van der Waals surface area (Å²) in [5.41, 5.74) is 1.81. The second-order valence-electron chi connectivity index (χ2n) is 4.53. The first-order valence-electron chi connectivity index (χ1n) is 6.91. The summed E-state index contributed by atoms with van der Waals surface area (Å²) < 4.78 is 11.0. The third-order valence-electron chi connectivity index (χ3n) is 2.93. The number of anilines is 1. The van der Waals surface area contributed by atoms with Crippen LogP contribution in [0.5, 0.6) is 11.5 Å². The van der Waals surface area contributed by atoms with Gasteiger partial charge in [-0.15, -0.1) is 0 Å². The number of amides is 1. The molecule has 2 aromatic rings. The molecule has 0 saturated carbocycles. The minimum atomic E-state index is -0.199. The van der Waals surface area contributed by atoms with Crippen molar-refractivity contribution in [2.45, 2.75) is 13.8 Å². The molecule has 0 aliphatic rings. The lowest BCUT2D eigenvalue weighted by Gasteiger charge is -2.12. The molecule has 0 atom stereocenters. The van der Waals surface area contributed by atoms with E-state index in [2.05, 4.69) is 5.32 Å². The Morgan fingerprint density at radius 2 is 1.62 bits per heavy atom. The average Bonchev–Trinajstić information content (AvgIpc) is 2.49. The van der Waals surface area contributed by atoms with Crippen molar-refractivity contribution in [3.8, 4) is 11.5 Å². The third-order valence-corrected chi connectivity index (χ3v) is 2.93. The van der Waals surface area contributed by atoms with Gasteiger partial charge < -0.3 is 14.8 Å². The second-order valence-corrected chi connectivity index (χ2v) is 4.53. The van der Waals surface area contributed by atoms with Gasteiger partial charge in [-0.25, -0.2) is 0 Å². The lowest BCUT2D eigenvalue weighted by molar-refractivity contribution is -0.118. The van der Waals surface area contributed by atoms with E-state index in [0.717, 1.165) is 11.3 Å². The summed E-state index contributed by atoms with van der Waals surface area (Å²) in [5, 5.41) is 2.83. The van der Waals surface area contributed by atoms with Gasteiger partial charge in [0.05, 0.1) is 6.61 Å². The Balaban J connectivity index is 1.94. The van der Waals surface area contributed by atoms with Crippen LogP contribution >= 0.6 is 0 Å². The van der Waals surface area contributed by atoms with Crippen LogP contribution < -0.4 is 14.8 Å². The predicted octanol–water partition coefficient (Wildman–Crippen LogP) is 3.41. The van der Waals surface area contributed by atoms with Crippen LogP contribution in [0.25, 0.3) is 0 Å². The van der Waals surface area contributed by atoms with Crippen molar-refractivity contribution >= 4 is 11.6 Å². The number of hydrogen-bond acceptors (Lipinski definition) is 3. The zero-order valence-electron chi connectivity index (χ0n) is 12.3. The highest BCUT2D eigenvalue weighted by atomic mass is 16.5. The van der Waals surface area contributed by atoms with E-state index in [1.807, 2.05) is 56.3 Å².